The Hall–Kier alpha value is -1.59. The summed E-state index contributed by atoms with van der Waals surface area (Å²) in [5, 5.41) is 0. The van der Waals surface area contributed by atoms with Gasteiger partial charge in [0, 0.05) is 26.9 Å². The monoisotopic (exact) mass is 295 g/mol. The van der Waals surface area contributed by atoms with Gasteiger partial charge in [0.1, 0.15) is 6.04 Å². The summed E-state index contributed by atoms with van der Waals surface area (Å²) in [4.78, 5) is 3.99. The second kappa shape index (κ2) is 6.45. The fourth-order valence-electron chi connectivity index (χ4n) is 2.28. The van der Waals surface area contributed by atoms with Crippen molar-refractivity contribution >= 4 is 6.21 Å². The molecule has 21 heavy (non-hydrogen) atoms. The van der Waals surface area contributed by atoms with Crippen molar-refractivity contribution in [2.45, 2.75) is 30.6 Å². The number of methoxy groups -OCH3 is 2. The van der Waals surface area contributed by atoms with Crippen LogP contribution in [0, 0.1) is 0 Å². The number of alkyl halides is 2. The molecule has 1 atom stereocenters. The van der Waals surface area contributed by atoms with E-state index in [2.05, 4.69) is 4.99 Å². The third-order valence-electron chi connectivity index (χ3n) is 3.57. The van der Waals surface area contributed by atoms with Crippen molar-refractivity contribution in [2.75, 3.05) is 14.2 Å². The average Bonchev–Trinajstić information content (AvgIpc) is 2.49. The molecule has 0 bridgehead atoms. The minimum Gasteiger partial charge on any atom is -0.349 e. The van der Waals surface area contributed by atoms with Gasteiger partial charge in [0.05, 0.1) is 6.42 Å². The molecule has 1 aromatic rings. The van der Waals surface area contributed by atoms with Crippen LogP contribution in [0.15, 0.2) is 47.5 Å². The maximum absolute atomic E-state index is 14.1. The second-order valence-electron chi connectivity index (χ2n) is 4.98. The number of halogens is 2. The van der Waals surface area contributed by atoms with Gasteiger partial charge in [0.15, 0.2) is 5.79 Å². The first-order chi connectivity index (χ1) is 10.0. The van der Waals surface area contributed by atoms with E-state index in [1.54, 1.807) is 0 Å². The van der Waals surface area contributed by atoms with Gasteiger partial charge in [-0.15, -0.1) is 0 Å². The lowest BCUT2D eigenvalue weighted by molar-refractivity contribution is -0.218. The predicted molar refractivity (Wildman–Crippen MR) is 77.9 cm³/mol. The highest BCUT2D eigenvalue weighted by Gasteiger charge is 2.49. The van der Waals surface area contributed by atoms with Crippen molar-refractivity contribution < 1.29 is 18.3 Å². The summed E-state index contributed by atoms with van der Waals surface area (Å²) in [6.45, 7) is 0. The van der Waals surface area contributed by atoms with Crippen molar-refractivity contribution in [3.8, 4) is 0 Å². The van der Waals surface area contributed by atoms with Crippen LogP contribution in [0.5, 0.6) is 0 Å². The van der Waals surface area contributed by atoms with E-state index in [1.807, 2.05) is 30.3 Å². The van der Waals surface area contributed by atoms with E-state index >= 15 is 0 Å². The van der Waals surface area contributed by atoms with Crippen LogP contribution in [0.1, 0.15) is 12.0 Å². The molecule has 0 spiro atoms. The molecule has 0 N–H and O–H groups in total. The quantitative estimate of drug-likeness (QED) is 0.474. The average molecular weight is 295 g/mol. The minimum atomic E-state index is -3.01. The Labute approximate surface area is 123 Å². The van der Waals surface area contributed by atoms with Crippen molar-refractivity contribution in [3.63, 3.8) is 0 Å². The number of hydrogen-bond acceptors (Lipinski definition) is 3. The largest absolute Gasteiger partial charge is 0.349 e. The van der Waals surface area contributed by atoms with Crippen LogP contribution in [-0.2, 0) is 15.9 Å². The highest BCUT2D eigenvalue weighted by Crippen LogP contribution is 2.38. The number of benzene rings is 1. The molecule has 0 heterocycles. The minimum absolute atomic E-state index is 0.529. The molecule has 0 amide bonds. The molecule has 0 radical (unpaired) electrons. The first-order valence-electron chi connectivity index (χ1n) is 6.74. The summed E-state index contributed by atoms with van der Waals surface area (Å²) in [5.41, 5.74) is 1.03. The molecule has 2 rings (SSSR count). The molecule has 0 fully saturated rings. The van der Waals surface area contributed by atoms with Crippen LogP contribution >= 0.6 is 0 Å². The highest BCUT2D eigenvalue weighted by atomic mass is 19.3. The Morgan fingerprint density at radius 2 is 1.90 bits per heavy atom. The normalized spacial score (nSPS) is 23.5. The molecule has 0 saturated carbocycles. The van der Waals surface area contributed by atoms with E-state index in [9.17, 15) is 8.78 Å². The van der Waals surface area contributed by atoms with Crippen LogP contribution in [-0.4, -0.2) is 38.2 Å². The third kappa shape index (κ3) is 3.74. The zero-order chi connectivity index (χ0) is 15.3. The van der Waals surface area contributed by atoms with Gasteiger partial charge in [0.2, 0.25) is 0 Å². The van der Waals surface area contributed by atoms with Crippen LogP contribution in [0.4, 0.5) is 8.78 Å². The summed E-state index contributed by atoms with van der Waals surface area (Å²) >= 11 is 0. The number of rotatable bonds is 5. The SMILES string of the molecule is COC1(OC)C=CC(N=CCc2ccccc2)C(F)(F)C1. The molecule has 5 heteroatoms. The first-order valence-corrected chi connectivity index (χ1v) is 6.74. The summed E-state index contributed by atoms with van der Waals surface area (Å²) in [6, 6.07) is 8.41. The Balaban J connectivity index is 2.06. The van der Waals surface area contributed by atoms with E-state index in [-0.39, 0.29) is 0 Å². The van der Waals surface area contributed by atoms with Gasteiger partial charge in [-0.05, 0) is 11.6 Å². The number of nitrogens with zero attached hydrogens (tertiary/aromatic N) is 1. The van der Waals surface area contributed by atoms with Crippen LogP contribution in [0.3, 0.4) is 0 Å². The molecule has 114 valence electrons. The number of hydrogen-bond donors (Lipinski definition) is 0. The van der Waals surface area contributed by atoms with Gasteiger partial charge < -0.3 is 9.47 Å². The Kier molecular flexibility index (Phi) is 4.85. The molecule has 1 aliphatic carbocycles. The fourth-order valence-corrected chi connectivity index (χ4v) is 2.28. The maximum Gasteiger partial charge on any atom is 0.278 e. The van der Waals surface area contributed by atoms with Crippen molar-refractivity contribution in [3.05, 3.63) is 48.0 Å². The number of aliphatic imine (C=N–C) groups is 1. The standard InChI is InChI=1S/C16H19F2NO2/c1-20-15(21-2)10-8-14(16(17,18)12-15)19-11-9-13-6-4-3-5-7-13/h3-8,10-11,14H,9,12H2,1-2H3. The molecule has 0 aliphatic heterocycles. The Morgan fingerprint density at radius 3 is 2.48 bits per heavy atom. The van der Waals surface area contributed by atoms with Gasteiger partial charge in [-0.1, -0.05) is 36.4 Å². The van der Waals surface area contributed by atoms with Crippen molar-refractivity contribution in [1.82, 2.24) is 0 Å². The van der Waals surface area contributed by atoms with Crippen LogP contribution < -0.4 is 0 Å². The molecular weight excluding hydrogens is 276 g/mol. The second-order valence-corrected chi connectivity index (χ2v) is 4.98. The topological polar surface area (TPSA) is 30.8 Å². The van der Waals surface area contributed by atoms with Gasteiger partial charge in [0.25, 0.3) is 5.92 Å². The maximum atomic E-state index is 14.1. The van der Waals surface area contributed by atoms with E-state index in [4.69, 9.17) is 9.47 Å². The molecule has 1 aromatic carbocycles. The summed E-state index contributed by atoms with van der Waals surface area (Å²) in [5.74, 6) is -4.37. The zero-order valence-corrected chi connectivity index (χ0v) is 12.1. The Morgan fingerprint density at radius 1 is 1.24 bits per heavy atom. The molecule has 1 unspecified atom stereocenters. The predicted octanol–water partition coefficient (Wildman–Crippen LogP) is 3.25. The van der Waals surface area contributed by atoms with E-state index < -0.39 is 24.2 Å². The third-order valence-corrected chi connectivity index (χ3v) is 3.57. The van der Waals surface area contributed by atoms with Gasteiger partial charge >= 0.3 is 0 Å². The fraction of sp³-hybridized carbons (Fsp3) is 0.438. The van der Waals surface area contributed by atoms with Crippen LogP contribution in [0.25, 0.3) is 0 Å². The molecule has 0 saturated heterocycles. The van der Waals surface area contributed by atoms with Gasteiger partial charge in [-0.3, -0.25) is 4.99 Å². The lowest BCUT2D eigenvalue weighted by Crippen LogP contribution is -2.47. The van der Waals surface area contributed by atoms with Crippen LogP contribution in [0.2, 0.25) is 0 Å². The van der Waals surface area contributed by atoms with E-state index in [1.165, 1.54) is 32.6 Å². The molecular formula is C16H19F2NO2. The highest BCUT2D eigenvalue weighted by molar-refractivity contribution is 5.62. The molecule has 1 aliphatic rings. The summed E-state index contributed by atoms with van der Waals surface area (Å²) in [7, 11) is 2.70. The summed E-state index contributed by atoms with van der Waals surface area (Å²) in [6.07, 6.45) is 4.37. The van der Waals surface area contributed by atoms with Crippen molar-refractivity contribution in [1.29, 1.82) is 0 Å². The molecule has 3 nitrogen and oxygen atoms in total. The molecule has 0 aromatic heterocycles. The smallest absolute Gasteiger partial charge is 0.278 e. The van der Waals surface area contributed by atoms with Gasteiger partial charge in [-0.2, -0.15) is 0 Å². The first kappa shape index (κ1) is 15.8. The van der Waals surface area contributed by atoms with E-state index in [0.717, 1.165) is 5.56 Å². The zero-order valence-electron chi connectivity index (χ0n) is 12.1. The Bertz CT molecular complexity index is 510. The number of ether oxygens (including phenoxy) is 2. The van der Waals surface area contributed by atoms with E-state index in [0.29, 0.717) is 6.42 Å². The lowest BCUT2D eigenvalue weighted by atomic mass is 9.93. The lowest BCUT2D eigenvalue weighted by Gasteiger charge is -2.36. The van der Waals surface area contributed by atoms with Crippen molar-refractivity contribution in [2.24, 2.45) is 4.99 Å². The summed E-state index contributed by atoms with van der Waals surface area (Å²) < 4.78 is 38.4. The van der Waals surface area contributed by atoms with Gasteiger partial charge in [-0.25, -0.2) is 8.78 Å².